The molecule has 3 N–H and O–H groups in total. The van der Waals surface area contributed by atoms with Crippen molar-refractivity contribution in [2.45, 2.75) is 32.6 Å². The third-order valence-electron chi connectivity index (χ3n) is 3.26. The van der Waals surface area contributed by atoms with E-state index in [1.54, 1.807) is 12.1 Å². The topological polar surface area (TPSA) is 64.3 Å². The zero-order chi connectivity index (χ0) is 15.8. The molecule has 1 atom stereocenters. The highest BCUT2D eigenvalue weighted by Gasteiger charge is 2.17. The number of rotatable bonds is 8. The van der Waals surface area contributed by atoms with Crippen LogP contribution in [-0.2, 0) is 4.79 Å². The molecular formula is C15H22Cl2N2O2. The molecule has 0 heterocycles. The van der Waals surface area contributed by atoms with Crippen LogP contribution in [0.2, 0.25) is 10.0 Å². The van der Waals surface area contributed by atoms with E-state index in [1.807, 2.05) is 0 Å². The molecule has 21 heavy (non-hydrogen) atoms. The lowest BCUT2D eigenvalue weighted by Crippen LogP contribution is -2.30. The monoisotopic (exact) mass is 332 g/mol. The largest absolute Gasteiger partial charge is 0.482 e. The van der Waals surface area contributed by atoms with Gasteiger partial charge in [-0.2, -0.15) is 0 Å². The molecule has 0 aromatic heterocycles. The molecule has 0 spiro atoms. The molecule has 1 aromatic carbocycles. The van der Waals surface area contributed by atoms with Gasteiger partial charge in [-0.15, -0.1) is 0 Å². The number of nitrogens with two attached hydrogens (primary N) is 1. The molecule has 4 nitrogen and oxygen atoms in total. The van der Waals surface area contributed by atoms with E-state index in [9.17, 15) is 4.79 Å². The lowest BCUT2D eigenvalue weighted by Gasteiger charge is -2.16. The molecule has 0 aliphatic heterocycles. The lowest BCUT2D eigenvalue weighted by atomic mass is 9.98. The van der Waals surface area contributed by atoms with E-state index >= 15 is 0 Å². The number of carbonyl (C=O) groups is 1. The Labute approximate surface area is 135 Å². The van der Waals surface area contributed by atoms with E-state index in [2.05, 4.69) is 19.2 Å². The molecule has 1 aromatic rings. The summed E-state index contributed by atoms with van der Waals surface area (Å²) in [5.74, 6) is 0.511. The van der Waals surface area contributed by atoms with Gasteiger partial charge in [-0.25, -0.2) is 0 Å². The van der Waals surface area contributed by atoms with E-state index in [-0.39, 0.29) is 18.4 Å². The normalized spacial score (nSPS) is 12.0. The maximum atomic E-state index is 11.6. The molecule has 0 radical (unpaired) electrons. The highest BCUT2D eigenvalue weighted by Crippen LogP contribution is 2.39. The Hall–Kier alpha value is -0.970. The highest BCUT2D eigenvalue weighted by molar-refractivity contribution is 6.37. The maximum absolute atomic E-state index is 11.6. The number of nitrogens with one attached hydrogen (secondary N) is 1. The highest BCUT2D eigenvalue weighted by atomic mass is 35.5. The van der Waals surface area contributed by atoms with Crippen LogP contribution in [0, 0.1) is 0 Å². The summed E-state index contributed by atoms with van der Waals surface area (Å²) >= 11 is 12.5. The van der Waals surface area contributed by atoms with Gasteiger partial charge in [0.2, 0.25) is 0 Å². The molecule has 0 bridgehead atoms. The molecule has 6 heteroatoms. The summed E-state index contributed by atoms with van der Waals surface area (Å²) in [6, 6.07) is 3.43. The average Bonchev–Trinajstić information content (AvgIpc) is 2.46. The fourth-order valence-electron chi connectivity index (χ4n) is 1.84. The van der Waals surface area contributed by atoms with Crippen molar-refractivity contribution in [3.05, 3.63) is 27.7 Å². The van der Waals surface area contributed by atoms with E-state index < -0.39 is 0 Å². The second-order valence-electron chi connectivity index (χ2n) is 4.86. The van der Waals surface area contributed by atoms with Crippen molar-refractivity contribution in [3.8, 4) is 5.75 Å². The van der Waals surface area contributed by atoms with Crippen molar-refractivity contribution in [1.82, 2.24) is 5.32 Å². The Morgan fingerprint density at radius 3 is 2.76 bits per heavy atom. The first kappa shape index (κ1) is 18.1. The fourth-order valence-corrected chi connectivity index (χ4v) is 2.64. The van der Waals surface area contributed by atoms with Crippen LogP contribution in [0.25, 0.3) is 0 Å². The summed E-state index contributed by atoms with van der Waals surface area (Å²) < 4.78 is 5.49. The summed E-state index contributed by atoms with van der Waals surface area (Å²) in [6.07, 6.45) is 1.66. The minimum absolute atomic E-state index is 0.0775. The Bertz CT molecular complexity index is 481. The first-order chi connectivity index (χ1) is 10.0. The van der Waals surface area contributed by atoms with E-state index in [0.29, 0.717) is 28.9 Å². The van der Waals surface area contributed by atoms with Crippen molar-refractivity contribution in [1.29, 1.82) is 0 Å². The fraction of sp³-hybridized carbons (Fsp3) is 0.533. The molecule has 1 rings (SSSR count). The van der Waals surface area contributed by atoms with Crippen molar-refractivity contribution < 1.29 is 9.53 Å². The van der Waals surface area contributed by atoms with Crippen LogP contribution in [0.3, 0.4) is 0 Å². The minimum atomic E-state index is -0.195. The van der Waals surface area contributed by atoms with Gasteiger partial charge in [-0.1, -0.05) is 37.0 Å². The van der Waals surface area contributed by atoms with Crippen molar-refractivity contribution in [2.24, 2.45) is 5.73 Å². The molecule has 1 amide bonds. The summed E-state index contributed by atoms with van der Waals surface area (Å²) in [4.78, 5) is 11.6. The van der Waals surface area contributed by atoms with Crippen LogP contribution in [0.5, 0.6) is 5.75 Å². The number of ether oxygens (including phenoxy) is 1. The van der Waals surface area contributed by atoms with E-state index in [0.717, 1.165) is 18.4 Å². The Morgan fingerprint density at radius 2 is 2.14 bits per heavy atom. The van der Waals surface area contributed by atoms with Crippen LogP contribution in [0.1, 0.15) is 38.2 Å². The van der Waals surface area contributed by atoms with Gasteiger partial charge in [0.1, 0.15) is 5.75 Å². The van der Waals surface area contributed by atoms with Crippen molar-refractivity contribution in [2.75, 3.05) is 19.7 Å². The maximum Gasteiger partial charge on any atom is 0.257 e. The van der Waals surface area contributed by atoms with Gasteiger partial charge in [0, 0.05) is 11.6 Å². The predicted molar refractivity (Wildman–Crippen MR) is 87.3 cm³/mol. The summed E-state index contributed by atoms with van der Waals surface area (Å²) in [5, 5.41) is 3.82. The number of benzene rings is 1. The standard InChI is InChI=1S/C15H22Cl2N2O2/c1-3-10(2)14-11(16)5-6-12(15(14)17)21-9-13(20)19-8-4-7-18/h5-6,10H,3-4,7-9,18H2,1-2H3,(H,19,20). The second kappa shape index (κ2) is 9.13. The van der Waals surface area contributed by atoms with Crippen molar-refractivity contribution >= 4 is 29.1 Å². The zero-order valence-corrected chi connectivity index (χ0v) is 13.9. The van der Waals surface area contributed by atoms with Gasteiger partial charge >= 0.3 is 0 Å². The molecule has 0 saturated carbocycles. The SMILES string of the molecule is CCC(C)c1c(Cl)ccc(OCC(=O)NCCCN)c1Cl. The van der Waals surface area contributed by atoms with Crippen LogP contribution >= 0.6 is 23.2 Å². The van der Waals surface area contributed by atoms with Gasteiger partial charge in [-0.3, -0.25) is 4.79 Å². The third-order valence-corrected chi connectivity index (χ3v) is 3.98. The van der Waals surface area contributed by atoms with E-state index in [4.69, 9.17) is 33.7 Å². The van der Waals surface area contributed by atoms with Crippen LogP contribution in [-0.4, -0.2) is 25.6 Å². The molecule has 0 aliphatic carbocycles. The van der Waals surface area contributed by atoms with Gasteiger partial charge < -0.3 is 15.8 Å². The lowest BCUT2D eigenvalue weighted by molar-refractivity contribution is -0.123. The van der Waals surface area contributed by atoms with Gasteiger partial charge in [-0.05, 0) is 43.0 Å². The second-order valence-corrected chi connectivity index (χ2v) is 5.65. The number of hydrogen-bond donors (Lipinski definition) is 2. The van der Waals surface area contributed by atoms with E-state index in [1.165, 1.54) is 0 Å². The Morgan fingerprint density at radius 1 is 1.43 bits per heavy atom. The first-order valence-corrected chi connectivity index (χ1v) is 7.84. The summed E-state index contributed by atoms with van der Waals surface area (Å²) in [5.41, 5.74) is 6.22. The summed E-state index contributed by atoms with van der Waals surface area (Å²) in [6.45, 7) is 5.13. The molecule has 0 saturated heterocycles. The van der Waals surface area contributed by atoms with Crippen LogP contribution < -0.4 is 15.8 Å². The number of amides is 1. The van der Waals surface area contributed by atoms with Crippen LogP contribution in [0.15, 0.2) is 12.1 Å². The minimum Gasteiger partial charge on any atom is -0.482 e. The van der Waals surface area contributed by atoms with Gasteiger partial charge in [0.25, 0.3) is 5.91 Å². The Kier molecular flexibility index (Phi) is 7.86. The van der Waals surface area contributed by atoms with Gasteiger partial charge in [0.05, 0.1) is 5.02 Å². The average molecular weight is 333 g/mol. The summed E-state index contributed by atoms with van der Waals surface area (Å²) in [7, 11) is 0. The molecule has 0 aliphatic rings. The van der Waals surface area contributed by atoms with Gasteiger partial charge in [0.15, 0.2) is 6.61 Å². The Balaban J connectivity index is 2.70. The quantitative estimate of drug-likeness (QED) is 0.717. The van der Waals surface area contributed by atoms with Crippen LogP contribution in [0.4, 0.5) is 0 Å². The van der Waals surface area contributed by atoms with Crippen molar-refractivity contribution in [3.63, 3.8) is 0 Å². The number of carbonyl (C=O) groups excluding carboxylic acids is 1. The smallest absolute Gasteiger partial charge is 0.257 e. The number of hydrogen-bond acceptors (Lipinski definition) is 3. The zero-order valence-electron chi connectivity index (χ0n) is 12.4. The molecular weight excluding hydrogens is 311 g/mol. The molecule has 0 fully saturated rings. The third kappa shape index (κ3) is 5.38. The predicted octanol–water partition coefficient (Wildman–Crippen LogP) is 3.35. The molecule has 118 valence electrons. The number of halogens is 2. The molecule has 1 unspecified atom stereocenters. The first-order valence-electron chi connectivity index (χ1n) is 7.08.